The molecule has 0 aliphatic rings. The zero-order valence-electron chi connectivity index (χ0n) is 12.0. The van der Waals surface area contributed by atoms with Crippen LogP contribution in [-0.2, 0) is 7.05 Å². The molecular weight excluding hydrogens is 288 g/mol. The summed E-state index contributed by atoms with van der Waals surface area (Å²) in [6.07, 6.45) is 0. The average Bonchev–Trinajstić information content (AvgIpc) is 3.06. The molecule has 0 fully saturated rings. The maximum absolute atomic E-state index is 11.6. The Morgan fingerprint density at radius 3 is 2.90 bits per heavy atom. The number of hydrogen-bond acceptors (Lipinski definition) is 5. The first-order valence-electron chi connectivity index (χ1n) is 6.54. The zero-order valence-corrected chi connectivity index (χ0v) is 12.9. The van der Waals surface area contributed by atoms with E-state index in [0.717, 1.165) is 21.7 Å². The van der Waals surface area contributed by atoms with E-state index in [1.807, 2.05) is 36.7 Å². The number of nitrogens with one attached hydrogen (secondary N) is 1. The van der Waals surface area contributed by atoms with Crippen molar-refractivity contribution in [3.8, 4) is 5.75 Å². The summed E-state index contributed by atoms with van der Waals surface area (Å²) in [6, 6.07) is 7.75. The lowest BCUT2D eigenvalue weighted by molar-refractivity contribution is 0.408. The number of nitrogens with zero attached hydrogens (tertiary/aromatic N) is 1. The summed E-state index contributed by atoms with van der Waals surface area (Å²) in [5.74, 6) is 0.505. The summed E-state index contributed by atoms with van der Waals surface area (Å²) in [6.45, 7) is 0. The second-order valence-corrected chi connectivity index (χ2v) is 5.68. The normalized spacial score (nSPS) is 12.7. The summed E-state index contributed by atoms with van der Waals surface area (Å²) >= 11 is 1.63. The van der Waals surface area contributed by atoms with Gasteiger partial charge in [0.1, 0.15) is 5.75 Å². The van der Waals surface area contributed by atoms with Gasteiger partial charge >= 0.3 is 5.76 Å². The monoisotopic (exact) mass is 304 g/mol. The molecule has 1 aromatic carbocycles. The number of aromatic nitrogens is 1. The Kier molecular flexibility index (Phi) is 3.57. The fourth-order valence-corrected chi connectivity index (χ4v) is 3.46. The second kappa shape index (κ2) is 5.38. The van der Waals surface area contributed by atoms with E-state index in [-0.39, 0.29) is 11.8 Å². The van der Waals surface area contributed by atoms with Crippen molar-refractivity contribution in [3.05, 3.63) is 50.6 Å². The predicted octanol–water partition coefficient (Wildman–Crippen LogP) is 2.51. The number of hydrogen-bond donors (Lipinski definition) is 1. The van der Waals surface area contributed by atoms with Crippen LogP contribution in [0, 0.1) is 0 Å². The quantitative estimate of drug-likeness (QED) is 0.804. The topological polar surface area (TPSA) is 56.4 Å². The molecular formula is C15H16N2O3S. The third-order valence-corrected chi connectivity index (χ3v) is 4.54. The molecule has 0 radical (unpaired) electrons. The van der Waals surface area contributed by atoms with E-state index in [4.69, 9.17) is 9.15 Å². The van der Waals surface area contributed by atoms with Crippen LogP contribution in [0.4, 0.5) is 0 Å². The van der Waals surface area contributed by atoms with Gasteiger partial charge in [-0.15, -0.1) is 11.3 Å². The average molecular weight is 304 g/mol. The number of aryl methyl sites for hydroxylation is 1. The van der Waals surface area contributed by atoms with Crippen molar-refractivity contribution in [1.82, 2.24) is 9.88 Å². The highest BCUT2D eigenvalue weighted by molar-refractivity contribution is 7.10. The molecule has 21 heavy (non-hydrogen) atoms. The zero-order chi connectivity index (χ0) is 15.0. The van der Waals surface area contributed by atoms with Gasteiger partial charge in [0.05, 0.1) is 23.5 Å². The van der Waals surface area contributed by atoms with Crippen LogP contribution in [0.15, 0.2) is 38.9 Å². The van der Waals surface area contributed by atoms with Crippen molar-refractivity contribution in [1.29, 1.82) is 0 Å². The van der Waals surface area contributed by atoms with Crippen LogP contribution < -0.4 is 15.8 Å². The predicted molar refractivity (Wildman–Crippen MR) is 83.2 cm³/mol. The van der Waals surface area contributed by atoms with Gasteiger partial charge in [0.25, 0.3) is 0 Å². The van der Waals surface area contributed by atoms with Gasteiger partial charge in [0.15, 0.2) is 5.58 Å². The van der Waals surface area contributed by atoms with Crippen LogP contribution in [-0.4, -0.2) is 18.7 Å². The fraction of sp³-hybridized carbons (Fsp3) is 0.267. The summed E-state index contributed by atoms with van der Waals surface area (Å²) in [4.78, 5) is 12.7. The van der Waals surface area contributed by atoms with Gasteiger partial charge in [0, 0.05) is 7.05 Å². The van der Waals surface area contributed by atoms with Crippen LogP contribution in [0.5, 0.6) is 5.75 Å². The molecule has 0 spiro atoms. The lowest BCUT2D eigenvalue weighted by Gasteiger charge is -2.16. The minimum atomic E-state index is -0.350. The molecule has 2 heterocycles. The van der Waals surface area contributed by atoms with Crippen LogP contribution in [0.1, 0.15) is 16.5 Å². The van der Waals surface area contributed by atoms with Gasteiger partial charge in [-0.2, -0.15) is 0 Å². The summed E-state index contributed by atoms with van der Waals surface area (Å²) < 4.78 is 12.2. The SMILES string of the molecule is CNC(c1ccc2c(c1)oc(=O)n2C)c1sccc1OC. The first kappa shape index (κ1) is 13.9. The third-order valence-electron chi connectivity index (χ3n) is 3.58. The standard InChI is InChI=1S/C15H16N2O3S/c1-16-13(14-11(19-3)6-7-21-14)9-4-5-10-12(8-9)20-15(18)17(10)2/h4-8,13,16H,1-3H3. The van der Waals surface area contributed by atoms with E-state index < -0.39 is 0 Å². The Morgan fingerprint density at radius 1 is 1.38 bits per heavy atom. The number of oxazole rings is 1. The highest BCUT2D eigenvalue weighted by Crippen LogP contribution is 2.35. The number of thiophene rings is 1. The maximum atomic E-state index is 11.6. The van der Waals surface area contributed by atoms with Crippen molar-refractivity contribution in [2.45, 2.75) is 6.04 Å². The van der Waals surface area contributed by atoms with Crippen molar-refractivity contribution in [2.75, 3.05) is 14.2 Å². The maximum Gasteiger partial charge on any atom is 0.419 e. The Bertz CT molecular complexity index is 831. The first-order valence-corrected chi connectivity index (χ1v) is 7.41. The third kappa shape index (κ3) is 2.26. The molecule has 1 unspecified atom stereocenters. The Morgan fingerprint density at radius 2 is 2.19 bits per heavy atom. The molecule has 0 bridgehead atoms. The lowest BCUT2D eigenvalue weighted by Crippen LogP contribution is -2.17. The smallest absolute Gasteiger partial charge is 0.419 e. The molecule has 3 rings (SSSR count). The van der Waals surface area contributed by atoms with E-state index in [9.17, 15) is 4.79 Å². The van der Waals surface area contributed by atoms with Crippen molar-refractivity contribution >= 4 is 22.4 Å². The highest BCUT2D eigenvalue weighted by atomic mass is 32.1. The van der Waals surface area contributed by atoms with E-state index in [1.165, 1.54) is 4.57 Å². The van der Waals surface area contributed by atoms with Crippen LogP contribution in [0.25, 0.3) is 11.1 Å². The molecule has 3 aromatic rings. The van der Waals surface area contributed by atoms with Gasteiger partial charge in [-0.05, 0) is 36.2 Å². The van der Waals surface area contributed by atoms with Gasteiger partial charge in [-0.1, -0.05) is 6.07 Å². The molecule has 0 amide bonds. The summed E-state index contributed by atoms with van der Waals surface area (Å²) in [5, 5.41) is 5.29. The van der Waals surface area contributed by atoms with Crippen LogP contribution >= 0.6 is 11.3 Å². The van der Waals surface area contributed by atoms with E-state index in [2.05, 4.69) is 5.32 Å². The fourth-order valence-electron chi connectivity index (χ4n) is 2.47. The number of benzene rings is 1. The lowest BCUT2D eigenvalue weighted by atomic mass is 10.0. The first-order chi connectivity index (χ1) is 10.2. The molecule has 1 atom stereocenters. The molecule has 110 valence electrons. The van der Waals surface area contributed by atoms with Crippen LogP contribution in [0.3, 0.4) is 0 Å². The Hall–Kier alpha value is -2.05. The molecule has 6 heteroatoms. The molecule has 0 saturated heterocycles. The van der Waals surface area contributed by atoms with Crippen molar-refractivity contribution < 1.29 is 9.15 Å². The highest BCUT2D eigenvalue weighted by Gasteiger charge is 2.19. The number of fused-ring (bicyclic) bond motifs is 1. The van der Waals surface area contributed by atoms with Crippen LogP contribution in [0.2, 0.25) is 0 Å². The molecule has 0 saturated carbocycles. The largest absolute Gasteiger partial charge is 0.496 e. The molecule has 0 aliphatic heterocycles. The molecule has 0 aliphatic carbocycles. The van der Waals surface area contributed by atoms with Crippen molar-refractivity contribution in [3.63, 3.8) is 0 Å². The molecule has 5 nitrogen and oxygen atoms in total. The minimum absolute atomic E-state index is 0.00476. The molecule has 2 aromatic heterocycles. The second-order valence-electron chi connectivity index (χ2n) is 4.73. The van der Waals surface area contributed by atoms with E-state index in [0.29, 0.717) is 5.58 Å². The summed E-state index contributed by atoms with van der Waals surface area (Å²) in [7, 11) is 5.26. The van der Waals surface area contributed by atoms with E-state index in [1.54, 1.807) is 25.5 Å². The van der Waals surface area contributed by atoms with Gasteiger partial charge < -0.3 is 14.5 Å². The Labute approximate surface area is 125 Å². The molecule has 1 N–H and O–H groups in total. The summed E-state index contributed by atoms with van der Waals surface area (Å²) in [5.41, 5.74) is 2.41. The number of rotatable bonds is 4. The van der Waals surface area contributed by atoms with Gasteiger partial charge in [-0.25, -0.2) is 4.79 Å². The number of ether oxygens (including phenoxy) is 1. The van der Waals surface area contributed by atoms with E-state index >= 15 is 0 Å². The minimum Gasteiger partial charge on any atom is -0.496 e. The van der Waals surface area contributed by atoms with Gasteiger partial charge in [-0.3, -0.25) is 4.57 Å². The van der Waals surface area contributed by atoms with Gasteiger partial charge in [0.2, 0.25) is 0 Å². The van der Waals surface area contributed by atoms with Crippen molar-refractivity contribution in [2.24, 2.45) is 7.05 Å². The number of methoxy groups -OCH3 is 1. The Balaban J connectivity index is 2.11.